The predicted molar refractivity (Wildman–Crippen MR) is 261 cm³/mol. The Kier molecular flexibility index (Phi) is 6.47. The minimum Gasteiger partial charge on any atom is -0.310 e. The highest BCUT2D eigenvalue weighted by Gasteiger charge is 2.42. The van der Waals surface area contributed by atoms with Crippen molar-refractivity contribution in [3.05, 3.63) is 121 Å². The van der Waals surface area contributed by atoms with E-state index in [2.05, 4.69) is 189 Å². The van der Waals surface area contributed by atoms with Crippen LogP contribution in [0.15, 0.2) is 121 Å². The molecular formula is C51H47BN2Si3. The first-order valence-corrected chi connectivity index (χ1v) is 31.3. The summed E-state index contributed by atoms with van der Waals surface area (Å²) < 4.78 is 5.38. The highest BCUT2D eigenvalue weighted by atomic mass is 28.3. The fourth-order valence-corrected chi connectivity index (χ4v) is 14.3. The first-order chi connectivity index (χ1) is 27.2. The minimum atomic E-state index is -1.74. The summed E-state index contributed by atoms with van der Waals surface area (Å²) in [5.74, 6) is 0. The molecule has 12 rings (SSSR count). The van der Waals surface area contributed by atoms with Crippen LogP contribution >= 0.6 is 0 Å². The van der Waals surface area contributed by atoms with Gasteiger partial charge in [-0.1, -0.05) is 178 Å². The second kappa shape index (κ2) is 10.9. The molecule has 2 aliphatic rings. The molecule has 8 aromatic carbocycles. The SMILES string of the molecule is C[Si](C)(C)c1ccc2c(c1)c1cc([Si](C)(C)C)cc3c1n2-c1cccc2c1B3c1cc([Si](C)(C)C)cc3c4ccc5c6ccccc6c6ccccc6c5c4n-2c13. The van der Waals surface area contributed by atoms with Gasteiger partial charge in [0.1, 0.15) is 0 Å². The van der Waals surface area contributed by atoms with Crippen molar-refractivity contribution in [2.75, 3.05) is 0 Å². The number of hydrogen-bond donors (Lipinski definition) is 0. The molecule has 10 aromatic rings. The second-order valence-corrected chi connectivity index (χ2v) is 35.4. The van der Waals surface area contributed by atoms with Crippen molar-refractivity contribution < 1.29 is 0 Å². The summed E-state index contributed by atoms with van der Waals surface area (Å²) >= 11 is 0. The van der Waals surface area contributed by atoms with Gasteiger partial charge < -0.3 is 9.13 Å². The van der Waals surface area contributed by atoms with Gasteiger partial charge in [0.25, 0.3) is 6.71 Å². The van der Waals surface area contributed by atoms with Crippen LogP contribution < -0.4 is 31.9 Å². The number of aromatic nitrogens is 2. The number of benzene rings is 8. The Morgan fingerprint density at radius 1 is 0.368 bits per heavy atom. The molecule has 276 valence electrons. The van der Waals surface area contributed by atoms with Gasteiger partial charge in [-0.25, -0.2) is 0 Å². The average molecular weight is 783 g/mol. The molecule has 2 aromatic heterocycles. The molecule has 6 heteroatoms. The highest BCUT2D eigenvalue weighted by Crippen LogP contribution is 2.44. The van der Waals surface area contributed by atoms with E-state index in [0.29, 0.717) is 0 Å². The minimum absolute atomic E-state index is 0.141. The zero-order valence-electron chi connectivity index (χ0n) is 34.5. The lowest BCUT2D eigenvalue weighted by Crippen LogP contribution is -2.61. The second-order valence-electron chi connectivity index (χ2n) is 20.2. The summed E-state index contributed by atoms with van der Waals surface area (Å²) in [6, 6.07) is 48.2. The molecule has 0 unspecified atom stereocenters. The molecule has 0 aliphatic carbocycles. The van der Waals surface area contributed by atoms with Gasteiger partial charge in [0.15, 0.2) is 0 Å². The Hall–Kier alpha value is -5.14. The van der Waals surface area contributed by atoms with Crippen LogP contribution in [-0.4, -0.2) is 40.1 Å². The topological polar surface area (TPSA) is 9.86 Å². The van der Waals surface area contributed by atoms with Crippen molar-refractivity contribution >= 4 is 139 Å². The third-order valence-electron chi connectivity index (χ3n) is 13.7. The Bertz CT molecular complexity index is 3440. The summed E-state index contributed by atoms with van der Waals surface area (Å²) in [5, 5.41) is 18.2. The maximum absolute atomic E-state index is 2.71. The number of fused-ring (bicyclic) bond motifs is 17. The maximum Gasteiger partial charge on any atom is 0.252 e. The van der Waals surface area contributed by atoms with Crippen LogP contribution in [0.2, 0.25) is 58.9 Å². The van der Waals surface area contributed by atoms with E-state index in [1.54, 1.807) is 5.19 Å². The molecular weight excluding hydrogens is 736 g/mol. The third-order valence-corrected chi connectivity index (χ3v) is 19.8. The molecule has 0 amide bonds. The lowest BCUT2D eigenvalue weighted by atomic mass is 9.34. The lowest BCUT2D eigenvalue weighted by Gasteiger charge is -2.35. The number of hydrogen-bond acceptors (Lipinski definition) is 0. The van der Waals surface area contributed by atoms with Crippen LogP contribution in [0.25, 0.3) is 87.3 Å². The van der Waals surface area contributed by atoms with Crippen LogP contribution in [0.1, 0.15) is 0 Å². The van der Waals surface area contributed by atoms with E-state index in [9.17, 15) is 0 Å². The molecule has 2 nitrogen and oxygen atoms in total. The van der Waals surface area contributed by atoms with E-state index in [-0.39, 0.29) is 6.71 Å². The van der Waals surface area contributed by atoms with E-state index >= 15 is 0 Å². The predicted octanol–water partition coefficient (Wildman–Crippen LogP) is 10.1. The standard InChI is InChI=1S/C51H47BN2Si3/c1-55(2,3)30-21-24-44-39(25-30)41-27-32(57(7,8)9)28-42-49(41)53(44)45-19-14-20-46-48(45)52(42)43-29-31(56(4,5)6)26-40-38-23-22-37-35-17-11-10-15-33(35)34-16-12-13-18-36(34)47(37)51(38)54(46)50(40)43/h10-29H,1-9H3. The van der Waals surface area contributed by atoms with Crippen molar-refractivity contribution in [1.82, 2.24) is 9.13 Å². The Morgan fingerprint density at radius 2 is 0.842 bits per heavy atom. The lowest BCUT2D eigenvalue weighted by molar-refractivity contribution is 1.15. The van der Waals surface area contributed by atoms with Gasteiger partial charge in [0.05, 0.1) is 35.3 Å². The van der Waals surface area contributed by atoms with Crippen LogP contribution in [0.3, 0.4) is 0 Å². The molecule has 57 heavy (non-hydrogen) atoms. The van der Waals surface area contributed by atoms with Crippen molar-refractivity contribution in [2.45, 2.75) is 58.9 Å². The summed E-state index contributed by atoms with van der Waals surface area (Å²) in [5.41, 5.74) is 12.6. The first kappa shape index (κ1) is 33.9. The van der Waals surface area contributed by atoms with E-state index in [0.717, 1.165) is 0 Å². The fraction of sp³-hybridized carbons (Fsp3) is 0.176. The molecule has 0 atom stereocenters. The van der Waals surface area contributed by atoms with Crippen LogP contribution in [-0.2, 0) is 0 Å². The van der Waals surface area contributed by atoms with Gasteiger partial charge >= 0.3 is 0 Å². The largest absolute Gasteiger partial charge is 0.310 e. The van der Waals surface area contributed by atoms with Crippen LogP contribution in [0.4, 0.5) is 0 Å². The van der Waals surface area contributed by atoms with E-state index in [4.69, 9.17) is 0 Å². The molecule has 0 saturated carbocycles. The summed E-state index contributed by atoms with van der Waals surface area (Å²) in [7, 11) is -5.01. The van der Waals surface area contributed by atoms with E-state index in [1.165, 1.54) is 114 Å². The molecule has 4 heterocycles. The quantitative estimate of drug-likeness (QED) is 0.125. The van der Waals surface area contributed by atoms with Gasteiger partial charge in [-0.3, -0.25) is 0 Å². The maximum atomic E-state index is 2.71. The van der Waals surface area contributed by atoms with Crippen LogP contribution in [0, 0.1) is 0 Å². The Balaban J connectivity index is 1.33. The van der Waals surface area contributed by atoms with Gasteiger partial charge in [-0.2, -0.15) is 0 Å². The van der Waals surface area contributed by atoms with E-state index in [1.807, 2.05) is 0 Å². The summed E-state index contributed by atoms with van der Waals surface area (Å²) in [6.45, 7) is 22.7. The molecule has 0 bridgehead atoms. The molecule has 0 fully saturated rings. The third kappa shape index (κ3) is 4.36. The first-order valence-electron chi connectivity index (χ1n) is 20.8. The zero-order valence-corrected chi connectivity index (χ0v) is 37.5. The van der Waals surface area contributed by atoms with Crippen molar-refractivity contribution in [2.24, 2.45) is 0 Å². The van der Waals surface area contributed by atoms with Gasteiger partial charge in [0.2, 0.25) is 0 Å². The average Bonchev–Trinajstić information content (AvgIpc) is 3.70. The highest BCUT2D eigenvalue weighted by molar-refractivity contribution is 7.01. The van der Waals surface area contributed by atoms with E-state index < -0.39 is 24.2 Å². The zero-order chi connectivity index (χ0) is 39.1. The molecule has 0 radical (unpaired) electrons. The normalized spacial score (nSPS) is 14.0. The van der Waals surface area contributed by atoms with Gasteiger partial charge in [-0.05, 0) is 61.5 Å². The summed E-state index contributed by atoms with van der Waals surface area (Å²) in [4.78, 5) is 0. The Morgan fingerprint density at radius 3 is 1.44 bits per heavy atom. The Labute approximate surface area is 337 Å². The van der Waals surface area contributed by atoms with Gasteiger partial charge in [0, 0.05) is 49.3 Å². The van der Waals surface area contributed by atoms with Gasteiger partial charge in [-0.15, -0.1) is 0 Å². The van der Waals surface area contributed by atoms with Crippen LogP contribution in [0.5, 0.6) is 0 Å². The summed E-state index contributed by atoms with van der Waals surface area (Å²) in [6.07, 6.45) is 0. The smallest absolute Gasteiger partial charge is 0.252 e. The molecule has 2 aliphatic heterocycles. The number of nitrogens with zero attached hydrogens (tertiary/aromatic N) is 2. The van der Waals surface area contributed by atoms with Crippen molar-refractivity contribution in [3.63, 3.8) is 0 Å². The van der Waals surface area contributed by atoms with Crippen molar-refractivity contribution in [1.29, 1.82) is 0 Å². The molecule has 0 spiro atoms. The number of rotatable bonds is 3. The molecule has 0 N–H and O–H groups in total. The fourth-order valence-electron chi connectivity index (χ4n) is 10.8. The molecule has 0 saturated heterocycles. The monoisotopic (exact) mass is 782 g/mol. The van der Waals surface area contributed by atoms with Crippen molar-refractivity contribution in [3.8, 4) is 11.4 Å².